The van der Waals surface area contributed by atoms with Crippen molar-refractivity contribution in [2.75, 3.05) is 0 Å². The zero-order chi connectivity index (χ0) is 15.9. The van der Waals surface area contributed by atoms with Crippen molar-refractivity contribution in [3.63, 3.8) is 0 Å². The van der Waals surface area contributed by atoms with Crippen molar-refractivity contribution >= 4 is 52.2 Å². The molecule has 0 N–H and O–H groups in total. The lowest BCUT2D eigenvalue weighted by Gasteiger charge is -2.36. The van der Waals surface area contributed by atoms with Gasteiger partial charge in [0.2, 0.25) is 0 Å². The molecule has 21 heavy (non-hydrogen) atoms. The maximum atomic E-state index is 12.9. The number of ketones is 1. The Balaban J connectivity index is 2.44. The van der Waals surface area contributed by atoms with Crippen molar-refractivity contribution in [2.24, 2.45) is 5.41 Å². The summed E-state index contributed by atoms with van der Waals surface area (Å²) in [5.74, 6) is 0.0950. The van der Waals surface area contributed by atoms with Crippen molar-refractivity contribution in [1.82, 2.24) is 0 Å². The number of Topliss-reactive ketones (excluding diaryl/α,β-unsaturated/α-hetero) is 1. The van der Waals surface area contributed by atoms with Crippen molar-refractivity contribution in [3.8, 4) is 0 Å². The van der Waals surface area contributed by atoms with E-state index in [1.807, 2.05) is 20.8 Å². The molecule has 0 amide bonds. The lowest BCUT2D eigenvalue weighted by Crippen LogP contribution is -2.40. The van der Waals surface area contributed by atoms with Gasteiger partial charge < -0.3 is 0 Å². The zero-order valence-electron chi connectivity index (χ0n) is 12.1. The van der Waals surface area contributed by atoms with Gasteiger partial charge in [-0.05, 0) is 43.9 Å². The molecular formula is C16H14Cl4O. The van der Waals surface area contributed by atoms with Crippen LogP contribution in [0.25, 0.3) is 0 Å². The molecule has 0 radical (unpaired) electrons. The zero-order valence-corrected chi connectivity index (χ0v) is 15.2. The van der Waals surface area contributed by atoms with Crippen LogP contribution in [-0.2, 0) is 16.6 Å². The molecule has 2 atom stereocenters. The van der Waals surface area contributed by atoms with Crippen LogP contribution in [0.4, 0.5) is 0 Å². The van der Waals surface area contributed by atoms with Gasteiger partial charge in [0.05, 0.1) is 25.5 Å². The van der Waals surface area contributed by atoms with Crippen LogP contribution in [0.5, 0.6) is 0 Å². The average Bonchev–Trinajstić information content (AvgIpc) is 2.76. The van der Waals surface area contributed by atoms with Crippen LogP contribution < -0.4 is 0 Å². The van der Waals surface area contributed by atoms with Crippen LogP contribution in [0.3, 0.4) is 0 Å². The second kappa shape index (κ2) is 4.41. The SMILES string of the molecule is CC1=C(C)[C@@]2(C)Cc3c(Cl)c(Cl)c(Cl)c(Cl)c3[C@]2(C)C1=O. The van der Waals surface area contributed by atoms with Crippen molar-refractivity contribution in [1.29, 1.82) is 0 Å². The molecule has 0 fully saturated rings. The molecule has 0 unspecified atom stereocenters. The minimum absolute atomic E-state index is 0.0950. The molecule has 1 aromatic rings. The molecule has 1 aromatic carbocycles. The molecule has 0 saturated heterocycles. The van der Waals surface area contributed by atoms with E-state index in [1.165, 1.54) is 0 Å². The third-order valence-electron chi connectivity index (χ3n) is 5.68. The first-order chi connectivity index (χ1) is 9.59. The molecule has 2 aliphatic rings. The van der Waals surface area contributed by atoms with E-state index in [1.54, 1.807) is 0 Å². The highest BCUT2D eigenvalue weighted by Gasteiger charge is 2.63. The predicted molar refractivity (Wildman–Crippen MR) is 89.0 cm³/mol. The fourth-order valence-corrected chi connectivity index (χ4v) is 5.15. The second-order valence-corrected chi connectivity index (χ2v) is 7.83. The van der Waals surface area contributed by atoms with Gasteiger partial charge in [0, 0.05) is 5.41 Å². The highest BCUT2D eigenvalue weighted by Crippen LogP contribution is 2.65. The molecule has 0 bridgehead atoms. The van der Waals surface area contributed by atoms with Crippen LogP contribution in [0.2, 0.25) is 20.1 Å². The highest BCUT2D eigenvalue weighted by molar-refractivity contribution is 6.52. The van der Waals surface area contributed by atoms with E-state index in [-0.39, 0.29) is 21.2 Å². The quantitative estimate of drug-likeness (QED) is 0.405. The topological polar surface area (TPSA) is 17.1 Å². The number of allylic oxidation sites excluding steroid dienone is 2. The van der Waals surface area contributed by atoms with E-state index in [4.69, 9.17) is 46.4 Å². The molecular weight excluding hydrogens is 350 g/mol. The number of hydrogen-bond acceptors (Lipinski definition) is 1. The molecule has 0 aliphatic heterocycles. The van der Waals surface area contributed by atoms with E-state index in [0.717, 1.165) is 22.3 Å². The first kappa shape index (κ1) is 15.7. The van der Waals surface area contributed by atoms with Crippen LogP contribution in [0, 0.1) is 5.41 Å². The smallest absolute Gasteiger partial charge is 0.169 e. The molecule has 3 rings (SSSR count). The van der Waals surface area contributed by atoms with E-state index in [2.05, 4.69) is 6.92 Å². The number of fused-ring (bicyclic) bond motifs is 3. The van der Waals surface area contributed by atoms with Crippen LogP contribution in [-0.4, -0.2) is 5.78 Å². The number of rotatable bonds is 0. The summed E-state index contributed by atoms with van der Waals surface area (Å²) < 4.78 is 0. The van der Waals surface area contributed by atoms with E-state index < -0.39 is 5.41 Å². The number of halogens is 4. The second-order valence-electron chi connectivity index (χ2n) is 6.32. The summed E-state index contributed by atoms with van der Waals surface area (Å²) in [7, 11) is 0. The van der Waals surface area contributed by atoms with E-state index in [0.29, 0.717) is 16.5 Å². The van der Waals surface area contributed by atoms with E-state index in [9.17, 15) is 4.79 Å². The maximum Gasteiger partial charge on any atom is 0.169 e. The average molecular weight is 364 g/mol. The Bertz CT molecular complexity index is 749. The summed E-state index contributed by atoms with van der Waals surface area (Å²) in [4.78, 5) is 12.9. The minimum atomic E-state index is -0.731. The standard InChI is InChI=1S/C16H14Cl4O/c1-6-7(2)15(3)5-8-9(16(15,4)14(6)21)11(18)13(20)12(19)10(8)17/h5H2,1-4H3/t15-,16-/m1/s1. The summed E-state index contributed by atoms with van der Waals surface area (Å²) in [6.45, 7) is 7.91. The van der Waals surface area contributed by atoms with Crippen molar-refractivity contribution < 1.29 is 4.79 Å². The Kier molecular flexibility index (Phi) is 3.29. The summed E-state index contributed by atoms with van der Waals surface area (Å²) in [6.07, 6.45) is 0.642. The lowest BCUT2D eigenvalue weighted by atomic mass is 9.65. The summed E-state index contributed by atoms with van der Waals surface area (Å²) in [6, 6.07) is 0. The van der Waals surface area contributed by atoms with Crippen LogP contribution in [0.15, 0.2) is 11.1 Å². The first-order valence-electron chi connectivity index (χ1n) is 6.67. The fraction of sp³-hybridized carbons (Fsp3) is 0.438. The lowest BCUT2D eigenvalue weighted by molar-refractivity contribution is -0.121. The van der Waals surface area contributed by atoms with Gasteiger partial charge in [-0.3, -0.25) is 4.79 Å². The molecule has 1 nitrogen and oxygen atoms in total. The van der Waals surface area contributed by atoms with Crippen molar-refractivity contribution in [3.05, 3.63) is 42.4 Å². The van der Waals surface area contributed by atoms with E-state index >= 15 is 0 Å². The summed E-state index contributed by atoms with van der Waals surface area (Å²) >= 11 is 25.2. The normalized spacial score (nSPS) is 31.0. The van der Waals surface area contributed by atoms with Crippen LogP contribution >= 0.6 is 46.4 Å². The fourth-order valence-electron chi connectivity index (χ4n) is 4.00. The predicted octanol–water partition coefficient (Wildman–Crippen LogP) is 6.04. The summed E-state index contributed by atoms with van der Waals surface area (Å²) in [5, 5.41) is 1.25. The number of benzene rings is 1. The molecule has 0 saturated carbocycles. The number of carbonyl (C=O) groups is 1. The maximum absolute atomic E-state index is 12.9. The Morgan fingerprint density at radius 2 is 1.43 bits per heavy atom. The van der Waals surface area contributed by atoms with Gasteiger partial charge in [0.1, 0.15) is 0 Å². The first-order valence-corrected chi connectivity index (χ1v) is 8.18. The summed E-state index contributed by atoms with van der Waals surface area (Å²) in [5.41, 5.74) is 2.42. The minimum Gasteiger partial charge on any atom is -0.294 e. The monoisotopic (exact) mass is 362 g/mol. The van der Waals surface area contributed by atoms with Gasteiger partial charge in [-0.2, -0.15) is 0 Å². The Hall–Kier alpha value is -0.210. The Morgan fingerprint density at radius 1 is 0.905 bits per heavy atom. The molecule has 0 heterocycles. The van der Waals surface area contributed by atoms with Gasteiger partial charge in [0.25, 0.3) is 0 Å². The van der Waals surface area contributed by atoms with Crippen LogP contribution in [0.1, 0.15) is 38.8 Å². The van der Waals surface area contributed by atoms with Gasteiger partial charge in [-0.15, -0.1) is 0 Å². The molecule has 2 aliphatic carbocycles. The van der Waals surface area contributed by atoms with Crippen molar-refractivity contribution in [2.45, 2.75) is 39.5 Å². The molecule has 112 valence electrons. The third kappa shape index (κ3) is 1.54. The van der Waals surface area contributed by atoms with Gasteiger partial charge in [0.15, 0.2) is 5.78 Å². The molecule has 0 spiro atoms. The highest BCUT2D eigenvalue weighted by atomic mass is 35.5. The number of hydrogen-bond donors (Lipinski definition) is 0. The number of carbonyl (C=O) groups excluding carboxylic acids is 1. The van der Waals surface area contributed by atoms with Gasteiger partial charge in [-0.25, -0.2) is 0 Å². The van der Waals surface area contributed by atoms with Gasteiger partial charge >= 0.3 is 0 Å². The Labute approximate surface area is 144 Å². The Morgan fingerprint density at radius 3 is 2.00 bits per heavy atom. The van der Waals surface area contributed by atoms with Gasteiger partial charge in [-0.1, -0.05) is 58.9 Å². The molecule has 0 aromatic heterocycles. The third-order valence-corrected chi connectivity index (χ3v) is 7.52. The molecule has 5 heteroatoms. The largest absolute Gasteiger partial charge is 0.294 e.